The molecule has 0 radical (unpaired) electrons. The SMILES string of the molecule is CN=C(Cl)/N=C(C)\C=C\Cl. The lowest BCUT2D eigenvalue weighted by molar-refractivity contribution is 1.43. The van der Waals surface area contributed by atoms with Crippen molar-refractivity contribution in [3.8, 4) is 0 Å². The number of rotatable bonds is 1. The summed E-state index contributed by atoms with van der Waals surface area (Å²) in [7, 11) is 1.57. The van der Waals surface area contributed by atoms with E-state index in [0.717, 1.165) is 5.71 Å². The molecule has 10 heavy (non-hydrogen) atoms. The van der Waals surface area contributed by atoms with Crippen LogP contribution < -0.4 is 0 Å². The highest BCUT2D eigenvalue weighted by molar-refractivity contribution is 6.65. The van der Waals surface area contributed by atoms with Gasteiger partial charge in [0.05, 0.1) is 0 Å². The van der Waals surface area contributed by atoms with Gasteiger partial charge in [0.2, 0.25) is 5.29 Å². The Morgan fingerprint density at radius 2 is 2.10 bits per heavy atom. The van der Waals surface area contributed by atoms with Crippen LogP contribution in [0, 0.1) is 0 Å². The summed E-state index contributed by atoms with van der Waals surface area (Å²) in [5, 5.41) is 0.229. The van der Waals surface area contributed by atoms with Gasteiger partial charge >= 0.3 is 0 Å². The van der Waals surface area contributed by atoms with E-state index in [1.54, 1.807) is 20.0 Å². The maximum Gasteiger partial charge on any atom is 0.217 e. The summed E-state index contributed by atoms with van der Waals surface area (Å²) in [4.78, 5) is 7.47. The molecule has 0 heterocycles. The summed E-state index contributed by atoms with van der Waals surface area (Å²) in [5.74, 6) is 0. The molecule has 0 bridgehead atoms. The zero-order valence-electron chi connectivity index (χ0n) is 5.81. The molecule has 0 atom stereocenters. The van der Waals surface area contributed by atoms with Crippen LogP contribution in [0.1, 0.15) is 6.92 Å². The fourth-order valence-corrected chi connectivity index (χ4v) is 0.640. The molecule has 0 rings (SSSR count). The van der Waals surface area contributed by atoms with Crippen molar-refractivity contribution in [1.82, 2.24) is 0 Å². The molecular weight excluding hydrogens is 171 g/mol. The van der Waals surface area contributed by atoms with Crippen LogP contribution in [0.3, 0.4) is 0 Å². The van der Waals surface area contributed by atoms with Crippen LogP contribution in [0.4, 0.5) is 0 Å². The third-order valence-corrected chi connectivity index (χ3v) is 1.14. The molecular formula is C6H8Cl2N2. The molecule has 0 aromatic heterocycles. The van der Waals surface area contributed by atoms with Crippen LogP contribution in [-0.2, 0) is 0 Å². The van der Waals surface area contributed by atoms with Gasteiger partial charge in [0.15, 0.2) is 0 Å². The number of nitrogens with zero attached hydrogens (tertiary/aromatic N) is 2. The van der Waals surface area contributed by atoms with Gasteiger partial charge in [-0.2, -0.15) is 0 Å². The van der Waals surface area contributed by atoms with Gasteiger partial charge in [-0.05, 0) is 24.6 Å². The molecule has 0 aliphatic carbocycles. The second-order valence-electron chi connectivity index (χ2n) is 1.54. The molecule has 2 nitrogen and oxygen atoms in total. The van der Waals surface area contributed by atoms with Gasteiger partial charge in [0.25, 0.3) is 0 Å². The van der Waals surface area contributed by atoms with E-state index in [-0.39, 0.29) is 5.29 Å². The highest BCUT2D eigenvalue weighted by Gasteiger charge is 1.86. The molecule has 4 heteroatoms. The van der Waals surface area contributed by atoms with Crippen LogP contribution in [0.15, 0.2) is 21.6 Å². The molecule has 56 valence electrons. The lowest BCUT2D eigenvalue weighted by Gasteiger charge is -1.87. The Morgan fingerprint density at radius 1 is 1.50 bits per heavy atom. The first-order valence-electron chi connectivity index (χ1n) is 2.65. The maximum atomic E-state index is 5.48. The van der Waals surface area contributed by atoms with Crippen molar-refractivity contribution in [3.05, 3.63) is 11.6 Å². The number of hydrogen-bond acceptors (Lipinski definition) is 1. The van der Waals surface area contributed by atoms with Gasteiger partial charge < -0.3 is 0 Å². The standard InChI is InChI=1S/C6H8Cl2N2/c1-5(3-4-7)10-6(8)9-2/h3-4H,1-2H3/b4-3+,9-6?,10-5-. The number of allylic oxidation sites excluding steroid dienone is 1. The molecule has 0 unspecified atom stereocenters. The summed E-state index contributed by atoms with van der Waals surface area (Å²) < 4.78 is 0. The molecule has 0 fully saturated rings. The molecule has 0 spiro atoms. The van der Waals surface area contributed by atoms with Gasteiger partial charge in [-0.3, -0.25) is 4.99 Å². The minimum Gasteiger partial charge on any atom is -0.260 e. The predicted molar refractivity (Wildman–Crippen MR) is 47.3 cm³/mol. The summed E-state index contributed by atoms with van der Waals surface area (Å²) in [6.07, 6.45) is 1.63. The molecule has 0 aromatic rings. The average molecular weight is 179 g/mol. The predicted octanol–water partition coefficient (Wildman–Crippen LogP) is 2.42. The second-order valence-corrected chi connectivity index (χ2v) is 2.13. The number of hydrogen-bond donors (Lipinski definition) is 0. The monoisotopic (exact) mass is 178 g/mol. The van der Waals surface area contributed by atoms with Gasteiger partial charge in [0, 0.05) is 18.3 Å². The zero-order chi connectivity index (χ0) is 7.98. The first-order valence-corrected chi connectivity index (χ1v) is 3.46. The van der Waals surface area contributed by atoms with E-state index in [0.29, 0.717) is 0 Å². The molecule has 0 aliphatic rings. The lowest BCUT2D eigenvalue weighted by atomic mass is 10.4. The second kappa shape index (κ2) is 5.45. The Balaban J connectivity index is 4.16. The smallest absolute Gasteiger partial charge is 0.217 e. The van der Waals surface area contributed by atoms with Crippen LogP contribution in [0.25, 0.3) is 0 Å². The van der Waals surface area contributed by atoms with E-state index in [4.69, 9.17) is 23.2 Å². The van der Waals surface area contributed by atoms with Gasteiger partial charge in [-0.15, -0.1) is 0 Å². The summed E-state index contributed by atoms with van der Waals surface area (Å²) in [6.45, 7) is 1.78. The van der Waals surface area contributed by atoms with Crippen LogP contribution in [0.5, 0.6) is 0 Å². The molecule has 0 aliphatic heterocycles. The van der Waals surface area contributed by atoms with Crippen LogP contribution in [0.2, 0.25) is 0 Å². The van der Waals surface area contributed by atoms with Crippen molar-refractivity contribution < 1.29 is 0 Å². The minimum absolute atomic E-state index is 0.229. The van der Waals surface area contributed by atoms with Crippen molar-refractivity contribution in [2.75, 3.05) is 7.05 Å². The molecule has 0 amide bonds. The van der Waals surface area contributed by atoms with E-state index in [2.05, 4.69) is 9.98 Å². The Kier molecular flexibility index (Phi) is 5.26. The van der Waals surface area contributed by atoms with Crippen molar-refractivity contribution >= 4 is 34.2 Å². The zero-order valence-corrected chi connectivity index (χ0v) is 7.32. The van der Waals surface area contributed by atoms with Crippen LogP contribution in [-0.4, -0.2) is 18.1 Å². The average Bonchev–Trinajstić information content (AvgIpc) is 1.88. The van der Waals surface area contributed by atoms with Crippen molar-refractivity contribution in [2.24, 2.45) is 9.98 Å². The largest absolute Gasteiger partial charge is 0.260 e. The third-order valence-electron chi connectivity index (χ3n) is 0.757. The highest BCUT2D eigenvalue weighted by atomic mass is 35.5. The van der Waals surface area contributed by atoms with Gasteiger partial charge in [-0.1, -0.05) is 11.6 Å². The van der Waals surface area contributed by atoms with Crippen LogP contribution >= 0.6 is 23.2 Å². The van der Waals surface area contributed by atoms with Crippen molar-refractivity contribution in [1.29, 1.82) is 0 Å². The number of amidine groups is 1. The Hall–Kier alpha value is -0.340. The fraction of sp³-hybridized carbons (Fsp3) is 0.333. The van der Waals surface area contributed by atoms with E-state index in [9.17, 15) is 0 Å². The molecule has 0 saturated heterocycles. The Labute approximate surface area is 70.3 Å². The number of halogens is 2. The highest BCUT2D eigenvalue weighted by Crippen LogP contribution is 1.90. The van der Waals surface area contributed by atoms with E-state index in [1.165, 1.54) is 5.54 Å². The summed E-state index contributed by atoms with van der Waals surface area (Å²) >= 11 is 10.8. The first kappa shape index (κ1) is 9.66. The normalized spacial score (nSPS) is 14.8. The minimum atomic E-state index is 0.229. The van der Waals surface area contributed by atoms with Crippen molar-refractivity contribution in [3.63, 3.8) is 0 Å². The first-order chi connectivity index (χ1) is 4.70. The molecule has 0 aromatic carbocycles. The third kappa shape index (κ3) is 4.53. The van der Waals surface area contributed by atoms with E-state index in [1.807, 2.05) is 0 Å². The van der Waals surface area contributed by atoms with Gasteiger partial charge in [0.1, 0.15) is 0 Å². The Morgan fingerprint density at radius 3 is 2.50 bits per heavy atom. The van der Waals surface area contributed by atoms with E-state index >= 15 is 0 Å². The lowest BCUT2D eigenvalue weighted by Crippen LogP contribution is -1.88. The maximum absolute atomic E-state index is 5.48. The summed E-state index contributed by atoms with van der Waals surface area (Å²) in [6, 6.07) is 0. The molecule has 0 saturated carbocycles. The van der Waals surface area contributed by atoms with Gasteiger partial charge in [-0.25, -0.2) is 4.99 Å². The van der Waals surface area contributed by atoms with E-state index < -0.39 is 0 Å². The van der Waals surface area contributed by atoms with Crippen molar-refractivity contribution in [2.45, 2.75) is 6.92 Å². The number of aliphatic imine (C=N–C) groups is 2. The Bertz CT molecular complexity index is 182. The summed E-state index contributed by atoms with van der Waals surface area (Å²) in [5.41, 5.74) is 2.10. The fourth-order valence-electron chi connectivity index (χ4n) is 0.324. The molecule has 0 N–H and O–H groups in total. The quantitative estimate of drug-likeness (QED) is 0.335. The topological polar surface area (TPSA) is 24.7 Å².